The zero-order valence-electron chi connectivity index (χ0n) is 8.71. The average Bonchev–Trinajstić information content (AvgIpc) is 2.57. The van der Waals surface area contributed by atoms with Crippen LogP contribution in [0.1, 0.15) is 11.1 Å². The van der Waals surface area contributed by atoms with Gasteiger partial charge in [-0.1, -0.05) is 24.3 Å². The van der Waals surface area contributed by atoms with Crippen molar-refractivity contribution in [2.75, 3.05) is 18.9 Å². The van der Waals surface area contributed by atoms with Crippen LogP contribution in [0.25, 0.3) is 6.08 Å². The average molecular weight is 202 g/mol. The Kier molecular flexibility index (Phi) is 2.83. The number of anilines is 1. The molecule has 0 fully saturated rings. The molecule has 1 aliphatic rings. The number of amides is 1. The van der Waals surface area contributed by atoms with E-state index in [1.54, 1.807) is 0 Å². The molecule has 0 bridgehead atoms. The summed E-state index contributed by atoms with van der Waals surface area (Å²) in [4.78, 5) is 11.1. The number of carbonyl (C=O) groups excluding carboxylic acids is 1. The van der Waals surface area contributed by atoms with Crippen molar-refractivity contribution in [2.45, 2.75) is 6.42 Å². The van der Waals surface area contributed by atoms with Crippen LogP contribution >= 0.6 is 0 Å². The number of rotatable bonds is 3. The third-order valence-electron chi connectivity index (χ3n) is 2.39. The standard InChI is InChI=1S/C12H14N2O/c1-13-6-2-3-9-4-5-10-8-12(15)14-11(10)7-9/h2-5,7,13H,6,8H2,1H3,(H,14,15). The lowest BCUT2D eigenvalue weighted by molar-refractivity contribution is -0.115. The first-order chi connectivity index (χ1) is 7.29. The van der Waals surface area contributed by atoms with Crippen molar-refractivity contribution in [1.29, 1.82) is 0 Å². The molecule has 1 heterocycles. The van der Waals surface area contributed by atoms with Crippen LogP contribution in [0.15, 0.2) is 24.3 Å². The lowest BCUT2D eigenvalue weighted by Gasteiger charge is -1.99. The van der Waals surface area contributed by atoms with E-state index in [0.717, 1.165) is 23.4 Å². The molecule has 15 heavy (non-hydrogen) atoms. The Morgan fingerprint density at radius 2 is 2.40 bits per heavy atom. The van der Waals surface area contributed by atoms with E-state index in [1.165, 1.54) is 0 Å². The molecule has 1 aliphatic heterocycles. The van der Waals surface area contributed by atoms with Crippen molar-refractivity contribution in [1.82, 2.24) is 5.32 Å². The van der Waals surface area contributed by atoms with Gasteiger partial charge in [0.05, 0.1) is 6.42 Å². The summed E-state index contributed by atoms with van der Waals surface area (Å²) in [7, 11) is 1.91. The highest BCUT2D eigenvalue weighted by Crippen LogP contribution is 2.24. The van der Waals surface area contributed by atoms with Gasteiger partial charge in [0.1, 0.15) is 0 Å². The molecule has 78 valence electrons. The molecular weight excluding hydrogens is 188 g/mol. The van der Waals surface area contributed by atoms with Crippen LogP contribution in [0.3, 0.4) is 0 Å². The normalized spacial score (nSPS) is 14.3. The van der Waals surface area contributed by atoms with Gasteiger partial charge in [-0.15, -0.1) is 0 Å². The monoisotopic (exact) mass is 202 g/mol. The molecular formula is C12H14N2O. The highest BCUT2D eigenvalue weighted by atomic mass is 16.1. The van der Waals surface area contributed by atoms with E-state index in [1.807, 2.05) is 31.3 Å². The molecule has 0 aliphatic carbocycles. The van der Waals surface area contributed by atoms with Crippen LogP contribution in [-0.2, 0) is 11.2 Å². The van der Waals surface area contributed by atoms with E-state index in [-0.39, 0.29) is 5.91 Å². The predicted molar refractivity (Wildman–Crippen MR) is 61.7 cm³/mol. The Morgan fingerprint density at radius 3 is 3.20 bits per heavy atom. The summed E-state index contributed by atoms with van der Waals surface area (Å²) >= 11 is 0. The summed E-state index contributed by atoms with van der Waals surface area (Å²) in [5.74, 6) is 0.0846. The highest BCUT2D eigenvalue weighted by Gasteiger charge is 2.16. The van der Waals surface area contributed by atoms with Crippen LogP contribution in [-0.4, -0.2) is 19.5 Å². The SMILES string of the molecule is CNCC=Cc1ccc2c(c1)NC(=O)C2. The second-order valence-electron chi connectivity index (χ2n) is 3.60. The largest absolute Gasteiger partial charge is 0.326 e. The van der Waals surface area contributed by atoms with E-state index < -0.39 is 0 Å². The fraction of sp³-hybridized carbons (Fsp3) is 0.250. The third kappa shape index (κ3) is 2.25. The number of likely N-dealkylation sites (N-methyl/N-ethyl adjacent to an activating group) is 1. The van der Waals surface area contributed by atoms with Gasteiger partial charge < -0.3 is 10.6 Å². The predicted octanol–water partition coefficient (Wildman–Crippen LogP) is 1.41. The summed E-state index contributed by atoms with van der Waals surface area (Å²) in [6.07, 6.45) is 4.61. The first kappa shape index (κ1) is 9.93. The maximum absolute atomic E-state index is 11.1. The first-order valence-corrected chi connectivity index (χ1v) is 5.03. The molecule has 1 aromatic rings. The minimum atomic E-state index is 0.0846. The van der Waals surface area contributed by atoms with Crippen LogP contribution < -0.4 is 10.6 Å². The van der Waals surface area contributed by atoms with E-state index in [2.05, 4.69) is 16.7 Å². The van der Waals surface area contributed by atoms with E-state index in [4.69, 9.17) is 0 Å². The summed E-state index contributed by atoms with van der Waals surface area (Å²) in [6.45, 7) is 0.851. The molecule has 0 radical (unpaired) electrons. The van der Waals surface area contributed by atoms with Gasteiger partial charge in [-0.05, 0) is 24.2 Å². The molecule has 2 rings (SSSR count). The number of hydrogen-bond acceptors (Lipinski definition) is 2. The summed E-state index contributed by atoms with van der Waals surface area (Å²) in [6, 6.07) is 6.05. The van der Waals surface area contributed by atoms with Crippen molar-refractivity contribution in [2.24, 2.45) is 0 Å². The molecule has 1 amide bonds. The van der Waals surface area contributed by atoms with E-state index in [0.29, 0.717) is 6.42 Å². The van der Waals surface area contributed by atoms with Gasteiger partial charge in [-0.2, -0.15) is 0 Å². The Bertz CT molecular complexity index is 410. The highest BCUT2D eigenvalue weighted by molar-refractivity contribution is 5.99. The Morgan fingerprint density at radius 1 is 1.53 bits per heavy atom. The van der Waals surface area contributed by atoms with Crippen LogP contribution in [0, 0.1) is 0 Å². The lowest BCUT2D eigenvalue weighted by atomic mass is 10.1. The Hall–Kier alpha value is -1.61. The van der Waals surface area contributed by atoms with Crippen LogP contribution in [0.5, 0.6) is 0 Å². The maximum atomic E-state index is 11.1. The minimum Gasteiger partial charge on any atom is -0.326 e. The Balaban J connectivity index is 2.16. The quantitative estimate of drug-likeness (QED) is 0.778. The van der Waals surface area contributed by atoms with Gasteiger partial charge in [0, 0.05) is 12.2 Å². The van der Waals surface area contributed by atoms with E-state index in [9.17, 15) is 4.79 Å². The topological polar surface area (TPSA) is 41.1 Å². The molecule has 0 saturated heterocycles. The number of fused-ring (bicyclic) bond motifs is 1. The fourth-order valence-corrected chi connectivity index (χ4v) is 1.65. The van der Waals surface area contributed by atoms with Gasteiger partial charge in [-0.25, -0.2) is 0 Å². The van der Waals surface area contributed by atoms with Crippen molar-refractivity contribution < 1.29 is 4.79 Å². The number of nitrogens with one attached hydrogen (secondary N) is 2. The van der Waals surface area contributed by atoms with Gasteiger partial charge >= 0.3 is 0 Å². The van der Waals surface area contributed by atoms with Gasteiger partial charge in [-0.3, -0.25) is 4.79 Å². The smallest absolute Gasteiger partial charge is 0.228 e. The second-order valence-corrected chi connectivity index (χ2v) is 3.60. The molecule has 0 spiro atoms. The molecule has 0 saturated carbocycles. The van der Waals surface area contributed by atoms with Crippen molar-refractivity contribution in [3.8, 4) is 0 Å². The van der Waals surface area contributed by atoms with Gasteiger partial charge in [0.25, 0.3) is 0 Å². The first-order valence-electron chi connectivity index (χ1n) is 5.03. The summed E-state index contributed by atoms with van der Waals surface area (Å²) in [5.41, 5.74) is 3.16. The van der Waals surface area contributed by atoms with E-state index >= 15 is 0 Å². The number of benzene rings is 1. The summed E-state index contributed by atoms with van der Waals surface area (Å²) < 4.78 is 0. The van der Waals surface area contributed by atoms with Gasteiger partial charge in [0.2, 0.25) is 5.91 Å². The molecule has 0 unspecified atom stereocenters. The second kappa shape index (κ2) is 4.28. The molecule has 1 aromatic carbocycles. The summed E-state index contributed by atoms with van der Waals surface area (Å²) in [5, 5.41) is 5.88. The molecule has 3 heteroatoms. The van der Waals surface area contributed by atoms with Crippen molar-refractivity contribution in [3.05, 3.63) is 35.4 Å². The number of carbonyl (C=O) groups is 1. The third-order valence-corrected chi connectivity index (χ3v) is 2.39. The molecule has 0 aromatic heterocycles. The molecule has 0 atom stereocenters. The van der Waals surface area contributed by atoms with Crippen molar-refractivity contribution >= 4 is 17.7 Å². The number of hydrogen-bond donors (Lipinski definition) is 2. The van der Waals surface area contributed by atoms with Crippen molar-refractivity contribution in [3.63, 3.8) is 0 Å². The zero-order chi connectivity index (χ0) is 10.7. The Labute approximate surface area is 89.2 Å². The minimum absolute atomic E-state index is 0.0846. The molecule has 3 nitrogen and oxygen atoms in total. The lowest BCUT2D eigenvalue weighted by Crippen LogP contribution is -2.04. The van der Waals surface area contributed by atoms with Gasteiger partial charge in [0.15, 0.2) is 0 Å². The van der Waals surface area contributed by atoms with Crippen LogP contribution in [0.4, 0.5) is 5.69 Å². The zero-order valence-corrected chi connectivity index (χ0v) is 8.71. The maximum Gasteiger partial charge on any atom is 0.228 e. The molecule has 2 N–H and O–H groups in total. The van der Waals surface area contributed by atoms with Crippen LogP contribution in [0.2, 0.25) is 0 Å². The fourth-order valence-electron chi connectivity index (χ4n) is 1.65.